The first kappa shape index (κ1) is 15.4. The predicted octanol–water partition coefficient (Wildman–Crippen LogP) is 1.79. The summed E-state index contributed by atoms with van der Waals surface area (Å²) in [6.45, 7) is 0. The number of methoxy groups -OCH3 is 1. The molecule has 0 saturated carbocycles. The lowest BCUT2D eigenvalue weighted by Crippen LogP contribution is -2.16. The number of aromatic hydroxyl groups is 1. The van der Waals surface area contributed by atoms with Gasteiger partial charge in [0.2, 0.25) is 5.88 Å². The molecule has 0 spiro atoms. The van der Waals surface area contributed by atoms with Crippen molar-refractivity contribution in [2.45, 2.75) is 12.8 Å². The Bertz CT molecular complexity index is 984. The topological polar surface area (TPSA) is 84.3 Å². The van der Waals surface area contributed by atoms with Crippen molar-refractivity contribution in [2.75, 3.05) is 7.11 Å². The van der Waals surface area contributed by atoms with Gasteiger partial charge >= 0.3 is 4.87 Å². The van der Waals surface area contributed by atoms with E-state index in [-0.39, 0.29) is 16.3 Å². The molecule has 0 radical (unpaired) electrons. The Labute approximate surface area is 135 Å². The number of benzene rings is 1. The van der Waals surface area contributed by atoms with Crippen molar-refractivity contribution in [2.24, 2.45) is 7.05 Å². The number of rotatable bonds is 4. The van der Waals surface area contributed by atoms with Crippen LogP contribution in [0.5, 0.6) is 11.6 Å². The van der Waals surface area contributed by atoms with E-state index in [9.17, 15) is 14.7 Å². The molecule has 0 atom stereocenters. The van der Waals surface area contributed by atoms with Crippen LogP contribution in [0.25, 0.3) is 10.9 Å². The lowest BCUT2D eigenvalue weighted by atomic mass is 10.0. The molecule has 3 rings (SSSR count). The zero-order valence-corrected chi connectivity index (χ0v) is 13.6. The number of H-pyrrole nitrogens is 1. The Morgan fingerprint density at radius 3 is 2.65 bits per heavy atom. The van der Waals surface area contributed by atoms with Crippen LogP contribution in [0.3, 0.4) is 0 Å². The highest BCUT2D eigenvalue weighted by molar-refractivity contribution is 7.09. The molecule has 1 aromatic carbocycles. The normalized spacial score (nSPS) is 11.0. The Morgan fingerprint density at radius 1 is 1.22 bits per heavy atom. The summed E-state index contributed by atoms with van der Waals surface area (Å²) in [5, 5.41) is 10.6. The van der Waals surface area contributed by atoms with Crippen LogP contribution in [0.4, 0.5) is 0 Å². The monoisotopic (exact) mass is 332 g/mol. The molecule has 0 aliphatic rings. The molecule has 120 valence electrons. The molecular formula is C16H16N2O4S. The van der Waals surface area contributed by atoms with Crippen LogP contribution >= 0.6 is 11.3 Å². The molecule has 6 nitrogen and oxygen atoms in total. The predicted molar refractivity (Wildman–Crippen MR) is 89.8 cm³/mol. The minimum atomic E-state index is -0.264. The lowest BCUT2D eigenvalue weighted by Gasteiger charge is -2.13. The summed E-state index contributed by atoms with van der Waals surface area (Å²) in [6.07, 6.45) is 1.18. The van der Waals surface area contributed by atoms with Gasteiger partial charge in [0.15, 0.2) is 0 Å². The maximum Gasteiger partial charge on any atom is 0.307 e. The number of ether oxygens (including phenoxy) is 1. The van der Waals surface area contributed by atoms with Gasteiger partial charge in [0.1, 0.15) is 5.75 Å². The Balaban J connectivity index is 2.05. The Hall–Kier alpha value is -2.54. The second kappa shape index (κ2) is 5.92. The molecule has 2 heterocycles. The molecule has 2 N–H and O–H groups in total. The molecule has 0 saturated heterocycles. The van der Waals surface area contributed by atoms with E-state index < -0.39 is 0 Å². The third kappa shape index (κ3) is 2.75. The minimum Gasteiger partial charge on any atom is -0.495 e. The third-order valence-corrected chi connectivity index (χ3v) is 4.80. The van der Waals surface area contributed by atoms with E-state index in [4.69, 9.17) is 4.74 Å². The van der Waals surface area contributed by atoms with Gasteiger partial charge in [-0.15, -0.1) is 0 Å². The quantitative estimate of drug-likeness (QED) is 0.763. The number of hydrogen-bond donors (Lipinski definition) is 2. The fourth-order valence-electron chi connectivity index (χ4n) is 2.69. The SMILES string of the molecule is COc1ccc(CCc2sc(=O)[nH]c2O)c2ccc(=O)n(C)c12. The van der Waals surface area contributed by atoms with Crippen LogP contribution in [-0.2, 0) is 19.9 Å². The van der Waals surface area contributed by atoms with Gasteiger partial charge in [0.25, 0.3) is 5.56 Å². The number of nitrogens with zero attached hydrogens (tertiary/aromatic N) is 1. The van der Waals surface area contributed by atoms with Gasteiger partial charge in [0.05, 0.1) is 17.5 Å². The molecule has 3 aromatic rings. The smallest absolute Gasteiger partial charge is 0.307 e. The summed E-state index contributed by atoms with van der Waals surface area (Å²) >= 11 is 1.01. The molecule has 2 aromatic heterocycles. The summed E-state index contributed by atoms with van der Waals surface area (Å²) in [5.41, 5.74) is 1.66. The first-order valence-corrected chi connectivity index (χ1v) is 7.89. The first-order valence-electron chi connectivity index (χ1n) is 7.08. The number of fused-ring (bicyclic) bond motifs is 1. The zero-order valence-electron chi connectivity index (χ0n) is 12.8. The average molecular weight is 332 g/mol. The fraction of sp³-hybridized carbons (Fsp3) is 0.250. The van der Waals surface area contributed by atoms with Gasteiger partial charge in [-0.25, -0.2) is 0 Å². The molecule has 0 aliphatic carbocycles. The second-order valence-corrected chi connectivity index (χ2v) is 6.27. The number of aryl methyl sites for hydroxylation is 3. The van der Waals surface area contributed by atoms with Crippen LogP contribution in [0.2, 0.25) is 0 Å². The Morgan fingerprint density at radius 2 is 2.00 bits per heavy atom. The maximum atomic E-state index is 11.9. The second-order valence-electron chi connectivity index (χ2n) is 5.21. The third-order valence-electron chi connectivity index (χ3n) is 3.87. The fourth-order valence-corrected chi connectivity index (χ4v) is 3.41. The van der Waals surface area contributed by atoms with Gasteiger partial charge in [-0.05, 0) is 30.5 Å². The first-order chi connectivity index (χ1) is 11.0. The van der Waals surface area contributed by atoms with Gasteiger partial charge in [0, 0.05) is 18.5 Å². The highest BCUT2D eigenvalue weighted by atomic mass is 32.1. The number of aromatic amines is 1. The number of thiazole rings is 1. The maximum absolute atomic E-state index is 11.9. The van der Waals surface area contributed by atoms with Crippen molar-refractivity contribution in [3.8, 4) is 11.6 Å². The van der Waals surface area contributed by atoms with E-state index in [2.05, 4.69) is 4.98 Å². The van der Waals surface area contributed by atoms with E-state index in [1.165, 1.54) is 6.07 Å². The van der Waals surface area contributed by atoms with Gasteiger partial charge < -0.3 is 14.4 Å². The molecule has 0 bridgehead atoms. The van der Waals surface area contributed by atoms with Crippen molar-refractivity contribution in [3.63, 3.8) is 0 Å². The standard InChI is InChI=1S/C16H16N2O4S/c1-18-13(19)8-5-10-9(3-6-11(22-2)14(10)18)4-7-12-15(20)17-16(21)23-12/h3,5-6,8,20H,4,7H2,1-2H3,(H,17,21). The number of nitrogens with one attached hydrogen (secondary N) is 1. The lowest BCUT2D eigenvalue weighted by molar-refractivity contribution is 0.417. The molecule has 7 heteroatoms. The molecule has 23 heavy (non-hydrogen) atoms. The van der Waals surface area contributed by atoms with E-state index in [0.717, 1.165) is 27.8 Å². The van der Waals surface area contributed by atoms with E-state index >= 15 is 0 Å². The van der Waals surface area contributed by atoms with E-state index in [1.807, 2.05) is 12.1 Å². The largest absolute Gasteiger partial charge is 0.495 e. The van der Waals surface area contributed by atoms with Crippen molar-refractivity contribution in [3.05, 3.63) is 54.7 Å². The van der Waals surface area contributed by atoms with Crippen molar-refractivity contribution >= 4 is 22.2 Å². The summed E-state index contributed by atoms with van der Waals surface area (Å²) in [4.78, 5) is 25.9. The summed E-state index contributed by atoms with van der Waals surface area (Å²) in [7, 11) is 3.28. The molecule has 0 fully saturated rings. The minimum absolute atomic E-state index is 0.0646. The molecular weight excluding hydrogens is 316 g/mol. The molecule has 0 aliphatic heterocycles. The van der Waals surface area contributed by atoms with Crippen molar-refractivity contribution in [1.29, 1.82) is 0 Å². The van der Waals surface area contributed by atoms with Crippen molar-refractivity contribution in [1.82, 2.24) is 9.55 Å². The van der Waals surface area contributed by atoms with E-state index in [0.29, 0.717) is 23.5 Å². The highest BCUT2D eigenvalue weighted by Crippen LogP contribution is 2.28. The number of hydrogen-bond acceptors (Lipinski definition) is 5. The molecule has 0 amide bonds. The summed E-state index contributed by atoms with van der Waals surface area (Å²) in [5.74, 6) is 0.573. The van der Waals surface area contributed by atoms with Gasteiger partial charge in [-0.2, -0.15) is 0 Å². The van der Waals surface area contributed by atoms with Crippen LogP contribution in [0.15, 0.2) is 33.9 Å². The van der Waals surface area contributed by atoms with Crippen molar-refractivity contribution < 1.29 is 9.84 Å². The highest BCUT2D eigenvalue weighted by Gasteiger charge is 2.12. The number of pyridine rings is 1. The van der Waals surface area contributed by atoms with Crippen LogP contribution in [0, 0.1) is 0 Å². The van der Waals surface area contributed by atoms with Crippen LogP contribution in [-0.4, -0.2) is 21.8 Å². The van der Waals surface area contributed by atoms with Crippen LogP contribution in [0.1, 0.15) is 10.4 Å². The summed E-state index contributed by atoms with van der Waals surface area (Å²) < 4.78 is 6.92. The number of aromatic nitrogens is 2. The zero-order chi connectivity index (χ0) is 16.6. The van der Waals surface area contributed by atoms with E-state index in [1.54, 1.807) is 24.8 Å². The van der Waals surface area contributed by atoms with Gasteiger partial charge in [-0.1, -0.05) is 17.4 Å². The summed E-state index contributed by atoms with van der Waals surface area (Å²) in [6, 6.07) is 7.08. The Kier molecular flexibility index (Phi) is 3.96. The van der Waals surface area contributed by atoms with Gasteiger partial charge in [-0.3, -0.25) is 14.6 Å². The van der Waals surface area contributed by atoms with Crippen LogP contribution < -0.4 is 15.2 Å². The molecule has 0 unspecified atom stereocenters. The average Bonchev–Trinajstić information content (AvgIpc) is 2.86.